The molecule has 0 aliphatic heterocycles. The lowest BCUT2D eigenvalue weighted by molar-refractivity contribution is 0.228. The fourth-order valence-electron chi connectivity index (χ4n) is 2.68. The fraction of sp³-hybridized carbons (Fsp3) is 0.667. The fourth-order valence-corrected chi connectivity index (χ4v) is 2.68. The minimum Gasteiger partial charge on any atom is -0.309 e. The zero-order valence-electron chi connectivity index (χ0n) is 13.9. The monoisotopic (exact) mass is 276 g/mol. The molecule has 0 aromatic heterocycles. The highest BCUT2D eigenvalue weighted by Crippen LogP contribution is 2.19. The molecule has 0 fully saturated rings. The van der Waals surface area contributed by atoms with Crippen LogP contribution in [0.5, 0.6) is 0 Å². The number of benzene rings is 1. The number of nitrogens with one attached hydrogen (secondary N) is 1. The Hall–Kier alpha value is -0.860. The number of rotatable bonds is 9. The number of likely N-dealkylation sites (N-methyl/N-ethyl adjacent to an activating group) is 1. The molecule has 0 saturated heterocycles. The molecule has 0 aliphatic rings. The molecule has 1 aromatic carbocycles. The molecule has 1 atom stereocenters. The predicted molar refractivity (Wildman–Crippen MR) is 89.2 cm³/mol. The molecular formula is C18H32N2. The molecule has 0 bridgehead atoms. The van der Waals surface area contributed by atoms with Gasteiger partial charge in [0.05, 0.1) is 0 Å². The molecule has 2 heteroatoms. The summed E-state index contributed by atoms with van der Waals surface area (Å²) in [4.78, 5) is 2.56. The molecule has 1 rings (SSSR count). The summed E-state index contributed by atoms with van der Waals surface area (Å²) in [5, 5.41) is 3.72. The maximum atomic E-state index is 3.72. The number of nitrogens with zero attached hydrogens (tertiary/aromatic N) is 1. The van der Waals surface area contributed by atoms with E-state index in [0.717, 1.165) is 25.6 Å². The number of aryl methyl sites for hydroxylation is 1. The van der Waals surface area contributed by atoms with Crippen LogP contribution in [0, 0.1) is 12.8 Å². The van der Waals surface area contributed by atoms with Crippen LogP contribution in [-0.4, -0.2) is 31.1 Å². The van der Waals surface area contributed by atoms with Gasteiger partial charge in [-0.2, -0.15) is 0 Å². The van der Waals surface area contributed by atoms with E-state index in [1.54, 1.807) is 0 Å². The molecule has 1 unspecified atom stereocenters. The molecule has 0 amide bonds. The van der Waals surface area contributed by atoms with E-state index >= 15 is 0 Å². The Labute approximate surface area is 125 Å². The van der Waals surface area contributed by atoms with Gasteiger partial charge in [0, 0.05) is 19.1 Å². The highest BCUT2D eigenvalue weighted by Gasteiger charge is 2.16. The van der Waals surface area contributed by atoms with Crippen LogP contribution in [0.3, 0.4) is 0 Å². The molecule has 1 aromatic rings. The van der Waals surface area contributed by atoms with Crippen molar-refractivity contribution in [2.45, 2.75) is 47.1 Å². The van der Waals surface area contributed by atoms with E-state index in [4.69, 9.17) is 0 Å². The Morgan fingerprint density at radius 1 is 1.10 bits per heavy atom. The first-order valence-electron chi connectivity index (χ1n) is 8.09. The average molecular weight is 276 g/mol. The number of hydrogen-bond acceptors (Lipinski definition) is 2. The average Bonchev–Trinajstić information content (AvgIpc) is 2.42. The van der Waals surface area contributed by atoms with Crippen molar-refractivity contribution in [1.29, 1.82) is 0 Å². The van der Waals surface area contributed by atoms with Crippen LogP contribution >= 0.6 is 0 Å². The standard InChI is InChI=1S/C18H32N2/c1-6-12-19-18(14-20(7-2)13-15(3)4)17-11-9-8-10-16(17)5/h8-11,15,18-19H,6-7,12-14H2,1-5H3. The Balaban J connectivity index is 2.80. The number of hydrogen-bond donors (Lipinski definition) is 1. The lowest BCUT2D eigenvalue weighted by Gasteiger charge is -2.29. The van der Waals surface area contributed by atoms with Crippen LogP contribution in [0.4, 0.5) is 0 Å². The van der Waals surface area contributed by atoms with E-state index in [-0.39, 0.29) is 0 Å². The van der Waals surface area contributed by atoms with Gasteiger partial charge in [0.25, 0.3) is 0 Å². The maximum absolute atomic E-state index is 3.72. The molecule has 0 saturated carbocycles. The molecule has 114 valence electrons. The highest BCUT2D eigenvalue weighted by atomic mass is 15.1. The van der Waals surface area contributed by atoms with Crippen molar-refractivity contribution in [3.05, 3.63) is 35.4 Å². The van der Waals surface area contributed by atoms with Crippen LogP contribution in [-0.2, 0) is 0 Å². The minimum atomic E-state index is 0.440. The summed E-state index contributed by atoms with van der Waals surface area (Å²) < 4.78 is 0. The van der Waals surface area contributed by atoms with Crippen molar-refractivity contribution in [2.24, 2.45) is 5.92 Å². The van der Waals surface area contributed by atoms with Gasteiger partial charge in [-0.05, 0) is 43.5 Å². The van der Waals surface area contributed by atoms with Gasteiger partial charge in [-0.25, -0.2) is 0 Å². The third kappa shape index (κ3) is 5.64. The molecule has 1 N–H and O–H groups in total. The SMILES string of the molecule is CCCNC(CN(CC)CC(C)C)c1ccccc1C. The summed E-state index contributed by atoms with van der Waals surface area (Å²) in [6.07, 6.45) is 1.18. The summed E-state index contributed by atoms with van der Waals surface area (Å²) in [7, 11) is 0. The van der Waals surface area contributed by atoms with Gasteiger partial charge in [0.2, 0.25) is 0 Å². The normalized spacial score (nSPS) is 13.2. The van der Waals surface area contributed by atoms with Gasteiger partial charge in [0.1, 0.15) is 0 Å². The highest BCUT2D eigenvalue weighted by molar-refractivity contribution is 5.29. The largest absolute Gasteiger partial charge is 0.309 e. The van der Waals surface area contributed by atoms with E-state index < -0.39 is 0 Å². The van der Waals surface area contributed by atoms with E-state index in [0.29, 0.717) is 6.04 Å². The molecule has 0 spiro atoms. The molecule has 0 radical (unpaired) electrons. The van der Waals surface area contributed by atoms with Crippen molar-refractivity contribution in [1.82, 2.24) is 10.2 Å². The van der Waals surface area contributed by atoms with Crippen molar-refractivity contribution < 1.29 is 0 Å². The summed E-state index contributed by atoms with van der Waals surface area (Å²) >= 11 is 0. The Morgan fingerprint density at radius 3 is 2.35 bits per heavy atom. The second-order valence-electron chi connectivity index (χ2n) is 6.11. The van der Waals surface area contributed by atoms with Crippen LogP contribution in [0.25, 0.3) is 0 Å². The van der Waals surface area contributed by atoms with Gasteiger partial charge in [-0.15, -0.1) is 0 Å². The topological polar surface area (TPSA) is 15.3 Å². The van der Waals surface area contributed by atoms with Crippen LogP contribution in [0.15, 0.2) is 24.3 Å². The molecule has 20 heavy (non-hydrogen) atoms. The van der Waals surface area contributed by atoms with Crippen molar-refractivity contribution in [3.8, 4) is 0 Å². The van der Waals surface area contributed by atoms with Crippen molar-refractivity contribution >= 4 is 0 Å². The van der Waals surface area contributed by atoms with Crippen LogP contribution in [0.2, 0.25) is 0 Å². The quantitative estimate of drug-likeness (QED) is 0.733. The third-order valence-corrected chi connectivity index (χ3v) is 3.72. The van der Waals surface area contributed by atoms with Crippen molar-refractivity contribution in [2.75, 3.05) is 26.2 Å². The van der Waals surface area contributed by atoms with E-state index in [1.807, 2.05) is 0 Å². The van der Waals surface area contributed by atoms with E-state index in [1.165, 1.54) is 24.1 Å². The second-order valence-corrected chi connectivity index (χ2v) is 6.11. The van der Waals surface area contributed by atoms with Gasteiger partial charge in [0.15, 0.2) is 0 Å². The van der Waals surface area contributed by atoms with E-state index in [9.17, 15) is 0 Å². The zero-order valence-corrected chi connectivity index (χ0v) is 13.9. The third-order valence-electron chi connectivity index (χ3n) is 3.72. The van der Waals surface area contributed by atoms with E-state index in [2.05, 4.69) is 69.1 Å². The van der Waals surface area contributed by atoms with Gasteiger partial charge in [-0.3, -0.25) is 0 Å². The molecule has 0 heterocycles. The summed E-state index contributed by atoms with van der Waals surface area (Å²) in [5.41, 5.74) is 2.84. The Kier molecular flexibility index (Phi) is 7.86. The summed E-state index contributed by atoms with van der Waals surface area (Å²) in [5.74, 6) is 0.721. The zero-order chi connectivity index (χ0) is 15.0. The van der Waals surface area contributed by atoms with Crippen molar-refractivity contribution in [3.63, 3.8) is 0 Å². The molecule has 0 aliphatic carbocycles. The summed E-state index contributed by atoms with van der Waals surface area (Å²) in [6, 6.07) is 9.21. The lowest BCUT2D eigenvalue weighted by atomic mass is 10.00. The van der Waals surface area contributed by atoms with Crippen LogP contribution in [0.1, 0.15) is 51.3 Å². The lowest BCUT2D eigenvalue weighted by Crippen LogP contribution is -2.37. The molecule has 2 nitrogen and oxygen atoms in total. The first-order chi connectivity index (χ1) is 9.58. The van der Waals surface area contributed by atoms with Crippen LogP contribution < -0.4 is 5.32 Å². The molecular weight excluding hydrogens is 244 g/mol. The van der Waals surface area contributed by atoms with Gasteiger partial charge >= 0.3 is 0 Å². The maximum Gasteiger partial charge on any atom is 0.0451 e. The van der Waals surface area contributed by atoms with Gasteiger partial charge in [-0.1, -0.05) is 52.0 Å². The smallest absolute Gasteiger partial charge is 0.0451 e. The summed E-state index contributed by atoms with van der Waals surface area (Å²) in [6.45, 7) is 15.8. The van der Waals surface area contributed by atoms with Gasteiger partial charge < -0.3 is 10.2 Å². The Bertz CT molecular complexity index is 373. The first-order valence-corrected chi connectivity index (χ1v) is 8.09. The minimum absolute atomic E-state index is 0.440. The second kappa shape index (κ2) is 9.15. The predicted octanol–water partition coefficient (Wildman–Crippen LogP) is 4.01. The first kappa shape index (κ1) is 17.2. The Morgan fingerprint density at radius 2 is 1.80 bits per heavy atom.